The fraction of sp³-hybridized carbons (Fsp3) is 0.600. The maximum Gasteiger partial charge on any atom is 0.0897 e. The molecule has 0 bridgehead atoms. The summed E-state index contributed by atoms with van der Waals surface area (Å²) in [7, 11) is 0. The molecule has 0 radical (unpaired) electrons. The van der Waals surface area contributed by atoms with Gasteiger partial charge in [-0.15, -0.1) is 0 Å². The minimum atomic E-state index is -0.449. The highest BCUT2D eigenvalue weighted by molar-refractivity contribution is 5.17. The van der Waals surface area contributed by atoms with Gasteiger partial charge in [-0.25, -0.2) is 0 Å². The monoisotopic (exact) mass is 251 g/mol. The van der Waals surface area contributed by atoms with Crippen molar-refractivity contribution in [3.8, 4) is 0 Å². The van der Waals surface area contributed by atoms with Crippen molar-refractivity contribution >= 4 is 0 Å². The van der Waals surface area contributed by atoms with Gasteiger partial charge >= 0.3 is 0 Å². The van der Waals surface area contributed by atoms with Gasteiger partial charge in [-0.05, 0) is 18.4 Å². The van der Waals surface area contributed by atoms with E-state index in [-0.39, 0.29) is 6.04 Å². The maximum absolute atomic E-state index is 9.77. The van der Waals surface area contributed by atoms with Crippen LogP contribution in [0.25, 0.3) is 0 Å². The van der Waals surface area contributed by atoms with E-state index in [9.17, 15) is 5.11 Å². The normalized spacial score (nSPS) is 14.7. The van der Waals surface area contributed by atoms with Crippen molar-refractivity contribution in [3.05, 3.63) is 35.9 Å². The summed E-state index contributed by atoms with van der Waals surface area (Å²) in [4.78, 5) is 0. The van der Waals surface area contributed by atoms with Gasteiger partial charge in [0.25, 0.3) is 0 Å². The highest BCUT2D eigenvalue weighted by atomic mass is 16.5. The summed E-state index contributed by atoms with van der Waals surface area (Å²) < 4.78 is 5.40. The van der Waals surface area contributed by atoms with Gasteiger partial charge < -0.3 is 15.2 Å². The van der Waals surface area contributed by atoms with Crippen LogP contribution < -0.4 is 5.32 Å². The molecule has 0 amide bonds. The summed E-state index contributed by atoms with van der Waals surface area (Å²) in [6, 6.07) is 10.5. The summed E-state index contributed by atoms with van der Waals surface area (Å²) in [6.07, 6.45) is -0.449. The third-order valence-corrected chi connectivity index (χ3v) is 2.72. The van der Waals surface area contributed by atoms with E-state index in [0.29, 0.717) is 25.7 Å². The van der Waals surface area contributed by atoms with Crippen LogP contribution in [-0.2, 0) is 4.74 Å². The molecule has 0 aromatic heterocycles. The number of hydrogen-bond donors (Lipinski definition) is 2. The van der Waals surface area contributed by atoms with E-state index < -0.39 is 6.10 Å². The Kier molecular flexibility index (Phi) is 6.94. The van der Waals surface area contributed by atoms with Crippen LogP contribution in [-0.4, -0.2) is 31.0 Å². The van der Waals surface area contributed by atoms with Crippen molar-refractivity contribution < 1.29 is 9.84 Å². The molecule has 2 atom stereocenters. The zero-order valence-corrected chi connectivity index (χ0v) is 11.6. The van der Waals surface area contributed by atoms with Crippen LogP contribution in [0.3, 0.4) is 0 Å². The van der Waals surface area contributed by atoms with Crippen molar-refractivity contribution in [1.82, 2.24) is 5.32 Å². The molecule has 102 valence electrons. The van der Waals surface area contributed by atoms with E-state index in [0.717, 1.165) is 0 Å². The third-order valence-electron chi connectivity index (χ3n) is 2.72. The van der Waals surface area contributed by atoms with Gasteiger partial charge in [-0.1, -0.05) is 44.2 Å². The van der Waals surface area contributed by atoms with E-state index in [1.165, 1.54) is 5.56 Å². The van der Waals surface area contributed by atoms with Crippen molar-refractivity contribution in [2.75, 3.05) is 19.8 Å². The van der Waals surface area contributed by atoms with E-state index >= 15 is 0 Å². The molecule has 1 aromatic rings. The summed E-state index contributed by atoms with van der Waals surface area (Å²) >= 11 is 0. The van der Waals surface area contributed by atoms with Crippen LogP contribution in [0.2, 0.25) is 0 Å². The number of rotatable bonds is 8. The largest absolute Gasteiger partial charge is 0.389 e. The van der Waals surface area contributed by atoms with Gasteiger partial charge in [0.15, 0.2) is 0 Å². The zero-order valence-electron chi connectivity index (χ0n) is 11.6. The lowest BCUT2D eigenvalue weighted by Crippen LogP contribution is -2.32. The van der Waals surface area contributed by atoms with Crippen LogP contribution in [0.4, 0.5) is 0 Å². The quantitative estimate of drug-likeness (QED) is 0.745. The van der Waals surface area contributed by atoms with Crippen molar-refractivity contribution in [2.24, 2.45) is 5.92 Å². The van der Waals surface area contributed by atoms with Gasteiger partial charge in [0.1, 0.15) is 0 Å². The SMILES string of the molecule is CC(C)COCC(O)CNC(C)c1ccccc1. The second-order valence-corrected chi connectivity index (χ2v) is 5.13. The fourth-order valence-corrected chi connectivity index (χ4v) is 1.67. The van der Waals surface area contributed by atoms with Crippen molar-refractivity contribution in [3.63, 3.8) is 0 Å². The first-order valence-electron chi connectivity index (χ1n) is 6.63. The molecule has 3 heteroatoms. The van der Waals surface area contributed by atoms with Crippen LogP contribution in [0, 0.1) is 5.92 Å². The Morgan fingerprint density at radius 2 is 1.78 bits per heavy atom. The molecule has 3 nitrogen and oxygen atoms in total. The average Bonchev–Trinajstić information content (AvgIpc) is 2.36. The Labute approximate surface area is 110 Å². The van der Waals surface area contributed by atoms with Crippen LogP contribution in [0.1, 0.15) is 32.4 Å². The molecule has 2 N–H and O–H groups in total. The summed E-state index contributed by atoms with van der Waals surface area (Å²) in [5.41, 5.74) is 1.23. The van der Waals surface area contributed by atoms with E-state index in [2.05, 4.69) is 38.2 Å². The van der Waals surface area contributed by atoms with Crippen molar-refractivity contribution in [1.29, 1.82) is 0 Å². The predicted molar refractivity (Wildman–Crippen MR) is 74.5 cm³/mol. The first-order chi connectivity index (χ1) is 8.59. The summed E-state index contributed by atoms with van der Waals surface area (Å²) in [6.45, 7) is 7.94. The number of ether oxygens (including phenoxy) is 1. The lowest BCUT2D eigenvalue weighted by atomic mass is 10.1. The molecule has 0 aliphatic heterocycles. The zero-order chi connectivity index (χ0) is 13.4. The number of aliphatic hydroxyl groups excluding tert-OH is 1. The minimum Gasteiger partial charge on any atom is -0.389 e. The van der Waals surface area contributed by atoms with E-state index in [1.54, 1.807) is 0 Å². The highest BCUT2D eigenvalue weighted by Gasteiger charge is 2.08. The molecule has 0 aliphatic rings. The Bertz CT molecular complexity index is 314. The molecule has 0 spiro atoms. The minimum absolute atomic E-state index is 0.242. The molecule has 0 heterocycles. The molecular formula is C15H25NO2. The lowest BCUT2D eigenvalue weighted by Gasteiger charge is -2.18. The van der Waals surface area contributed by atoms with Crippen LogP contribution >= 0.6 is 0 Å². The summed E-state index contributed by atoms with van der Waals surface area (Å²) in [5.74, 6) is 0.508. The first kappa shape index (κ1) is 15.2. The van der Waals surface area contributed by atoms with Gasteiger partial charge in [-0.3, -0.25) is 0 Å². The second-order valence-electron chi connectivity index (χ2n) is 5.13. The molecule has 0 saturated heterocycles. The molecule has 18 heavy (non-hydrogen) atoms. The Hall–Kier alpha value is -0.900. The van der Waals surface area contributed by atoms with E-state index in [1.807, 2.05) is 18.2 Å². The number of aliphatic hydroxyl groups is 1. The smallest absolute Gasteiger partial charge is 0.0897 e. The standard InChI is InChI=1S/C15H25NO2/c1-12(2)10-18-11-15(17)9-16-13(3)14-7-5-4-6-8-14/h4-8,12-13,15-17H,9-11H2,1-3H3. The Balaban J connectivity index is 2.20. The molecule has 1 aromatic carbocycles. The first-order valence-corrected chi connectivity index (χ1v) is 6.63. The average molecular weight is 251 g/mol. The van der Waals surface area contributed by atoms with Gasteiger partial charge in [0.2, 0.25) is 0 Å². The number of hydrogen-bond acceptors (Lipinski definition) is 3. The van der Waals surface area contributed by atoms with Gasteiger partial charge in [0.05, 0.1) is 12.7 Å². The number of benzene rings is 1. The topological polar surface area (TPSA) is 41.5 Å². The summed E-state index contributed by atoms with van der Waals surface area (Å²) in [5, 5.41) is 13.1. The molecule has 1 rings (SSSR count). The molecule has 0 fully saturated rings. The third kappa shape index (κ3) is 6.15. The Morgan fingerprint density at radius 3 is 2.39 bits per heavy atom. The van der Waals surface area contributed by atoms with Crippen LogP contribution in [0.15, 0.2) is 30.3 Å². The fourth-order valence-electron chi connectivity index (χ4n) is 1.67. The lowest BCUT2D eigenvalue weighted by molar-refractivity contribution is 0.0252. The van der Waals surface area contributed by atoms with Gasteiger partial charge in [0, 0.05) is 19.2 Å². The van der Waals surface area contributed by atoms with Gasteiger partial charge in [-0.2, -0.15) is 0 Å². The Morgan fingerprint density at radius 1 is 1.11 bits per heavy atom. The molecule has 2 unspecified atom stereocenters. The molecule has 0 aliphatic carbocycles. The van der Waals surface area contributed by atoms with Crippen molar-refractivity contribution in [2.45, 2.75) is 32.9 Å². The predicted octanol–water partition coefficient (Wildman–Crippen LogP) is 2.37. The van der Waals surface area contributed by atoms with Crippen LogP contribution in [0.5, 0.6) is 0 Å². The highest BCUT2D eigenvalue weighted by Crippen LogP contribution is 2.10. The molecule has 0 saturated carbocycles. The molecular weight excluding hydrogens is 226 g/mol. The second kappa shape index (κ2) is 8.25. The van der Waals surface area contributed by atoms with E-state index in [4.69, 9.17) is 4.74 Å². The number of nitrogens with one attached hydrogen (secondary N) is 1. The maximum atomic E-state index is 9.77.